The molecule has 1 aromatic heterocycles. The molecule has 0 aliphatic carbocycles. The van der Waals surface area contributed by atoms with Crippen molar-refractivity contribution in [2.45, 2.75) is 6.92 Å². The Balaban J connectivity index is 0.000000328. The van der Waals surface area contributed by atoms with Crippen LogP contribution < -0.4 is 5.43 Å². The number of carbonyl (C=O) groups is 1. The van der Waals surface area contributed by atoms with Crippen LogP contribution in [0, 0.1) is 0 Å². The van der Waals surface area contributed by atoms with Crippen LogP contribution in [0.15, 0.2) is 51.7 Å². The molecule has 102 valence electrons. The van der Waals surface area contributed by atoms with Crippen molar-refractivity contribution in [1.82, 2.24) is 0 Å². The van der Waals surface area contributed by atoms with Gasteiger partial charge in [0.05, 0.1) is 10.8 Å². The standard InChI is InChI=1S/C13H8O3.C2H4O2/c14-8-5-6-10-12(7-8)16-11-4-2-1-3-9(11)13(10)15;1-2(3)4/h1-7,14H;1H3,(H,3,4). The summed E-state index contributed by atoms with van der Waals surface area (Å²) < 4.78 is 5.55. The van der Waals surface area contributed by atoms with Gasteiger partial charge in [0.15, 0.2) is 0 Å². The Morgan fingerprint density at radius 3 is 2.35 bits per heavy atom. The summed E-state index contributed by atoms with van der Waals surface area (Å²) in [6.45, 7) is 1.08. The van der Waals surface area contributed by atoms with Crippen molar-refractivity contribution in [3.8, 4) is 5.75 Å². The lowest BCUT2D eigenvalue weighted by molar-refractivity contribution is -0.134. The largest absolute Gasteiger partial charge is 0.508 e. The topological polar surface area (TPSA) is 87.7 Å². The van der Waals surface area contributed by atoms with Crippen LogP contribution in [0.25, 0.3) is 21.9 Å². The van der Waals surface area contributed by atoms with Gasteiger partial charge in [-0.3, -0.25) is 9.59 Å². The first-order valence-electron chi connectivity index (χ1n) is 5.83. The summed E-state index contributed by atoms with van der Waals surface area (Å²) in [6.07, 6.45) is 0. The van der Waals surface area contributed by atoms with Gasteiger partial charge in [-0.05, 0) is 24.3 Å². The molecule has 0 aliphatic rings. The van der Waals surface area contributed by atoms with Gasteiger partial charge in [-0.15, -0.1) is 0 Å². The van der Waals surface area contributed by atoms with E-state index in [0.29, 0.717) is 21.9 Å². The van der Waals surface area contributed by atoms with Gasteiger partial charge in [-0.25, -0.2) is 0 Å². The van der Waals surface area contributed by atoms with E-state index in [-0.39, 0.29) is 11.2 Å². The number of hydrogen-bond donors (Lipinski definition) is 2. The van der Waals surface area contributed by atoms with Gasteiger partial charge in [0.1, 0.15) is 16.9 Å². The molecule has 2 aromatic carbocycles. The molecule has 0 unspecified atom stereocenters. The smallest absolute Gasteiger partial charge is 0.300 e. The Kier molecular flexibility index (Phi) is 3.70. The van der Waals surface area contributed by atoms with E-state index in [2.05, 4.69) is 0 Å². The molecular weight excluding hydrogens is 260 g/mol. The van der Waals surface area contributed by atoms with Gasteiger partial charge in [0, 0.05) is 13.0 Å². The van der Waals surface area contributed by atoms with Crippen molar-refractivity contribution >= 4 is 27.9 Å². The second kappa shape index (κ2) is 5.44. The quantitative estimate of drug-likeness (QED) is 0.614. The molecule has 5 heteroatoms. The summed E-state index contributed by atoms with van der Waals surface area (Å²) in [5, 5.41) is 17.8. The highest BCUT2D eigenvalue weighted by Crippen LogP contribution is 2.21. The van der Waals surface area contributed by atoms with E-state index < -0.39 is 5.97 Å². The van der Waals surface area contributed by atoms with E-state index in [1.54, 1.807) is 30.3 Å². The van der Waals surface area contributed by atoms with Gasteiger partial charge in [-0.2, -0.15) is 0 Å². The first-order chi connectivity index (χ1) is 9.49. The molecule has 5 nitrogen and oxygen atoms in total. The summed E-state index contributed by atoms with van der Waals surface area (Å²) in [4.78, 5) is 21.1. The minimum atomic E-state index is -0.833. The fraction of sp³-hybridized carbons (Fsp3) is 0.0667. The summed E-state index contributed by atoms with van der Waals surface area (Å²) >= 11 is 0. The number of phenolic OH excluding ortho intramolecular Hbond substituents is 1. The first kappa shape index (κ1) is 13.6. The fourth-order valence-corrected chi connectivity index (χ4v) is 1.79. The molecule has 0 radical (unpaired) electrons. The molecular formula is C15H12O5. The van der Waals surface area contributed by atoms with Crippen molar-refractivity contribution in [3.63, 3.8) is 0 Å². The Morgan fingerprint density at radius 2 is 1.65 bits per heavy atom. The lowest BCUT2D eigenvalue weighted by Gasteiger charge is -2.00. The van der Waals surface area contributed by atoms with Crippen LogP contribution in [-0.2, 0) is 4.79 Å². The maximum Gasteiger partial charge on any atom is 0.300 e. The molecule has 0 saturated carbocycles. The fourth-order valence-electron chi connectivity index (χ4n) is 1.79. The van der Waals surface area contributed by atoms with Crippen molar-refractivity contribution in [2.75, 3.05) is 0 Å². The first-order valence-corrected chi connectivity index (χ1v) is 5.83. The maximum absolute atomic E-state index is 12.1. The average molecular weight is 272 g/mol. The Bertz CT molecular complexity index is 828. The van der Waals surface area contributed by atoms with E-state index in [4.69, 9.17) is 14.3 Å². The lowest BCUT2D eigenvalue weighted by atomic mass is 10.1. The van der Waals surface area contributed by atoms with Gasteiger partial charge in [-0.1, -0.05) is 12.1 Å². The number of rotatable bonds is 0. The third-order valence-corrected chi connectivity index (χ3v) is 2.56. The van der Waals surface area contributed by atoms with E-state index in [1.807, 2.05) is 0 Å². The number of fused-ring (bicyclic) bond motifs is 2. The molecule has 0 amide bonds. The number of phenols is 1. The predicted octanol–water partition coefficient (Wildman–Crippen LogP) is 2.74. The van der Waals surface area contributed by atoms with Crippen molar-refractivity contribution < 1.29 is 19.4 Å². The normalized spacial score (nSPS) is 10.1. The molecule has 0 atom stereocenters. The molecule has 0 saturated heterocycles. The highest BCUT2D eigenvalue weighted by atomic mass is 16.4. The third kappa shape index (κ3) is 2.77. The monoisotopic (exact) mass is 272 g/mol. The van der Waals surface area contributed by atoms with Crippen molar-refractivity contribution in [3.05, 3.63) is 52.7 Å². The van der Waals surface area contributed by atoms with Gasteiger partial charge >= 0.3 is 0 Å². The number of aromatic hydroxyl groups is 1. The average Bonchev–Trinajstić information content (AvgIpc) is 2.38. The number of para-hydroxylation sites is 1. The summed E-state index contributed by atoms with van der Waals surface area (Å²) in [7, 11) is 0. The molecule has 0 aliphatic heterocycles. The van der Waals surface area contributed by atoms with E-state index in [1.165, 1.54) is 12.1 Å². The number of hydrogen-bond acceptors (Lipinski definition) is 4. The van der Waals surface area contributed by atoms with E-state index >= 15 is 0 Å². The van der Waals surface area contributed by atoms with E-state index in [0.717, 1.165) is 6.92 Å². The second-order valence-electron chi connectivity index (χ2n) is 4.13. The molecule has 0 bridgehead atoms. The van der Waals surface area contributed by atoms with Gasteiger partial charge in [0.2, 0.25) is 5.43 Å². The van der Waals surface area contributed by atoms with Crippen LogP contribution in [0.1, 0.15) is 6.92 Å². The van der Waals surface area contributed by atoms with Crippen LogP contribution in [-0.4, -0.2) is 16.2 Å². The minimum absolute atomic E-state index is 0.0724. The highest BCUT2D eigenvalue weighted by Gasteiger charge is 2.06. The van der Waals surface area contributed by atoms with E-state index in [9.17, 15) is 9.90 Å². The third-order valence-electron chi connectivity index (χ3n) is 2.56. The van der Waals surface area contributed by atoms with Crippen LogP contribution in [0.2, 0.25) is 0 Å². The summed E-state index contributed by atoms with van der Waals surface area (Å²) in [5.74, 6) is -0.745. The maximum atomic E-state index is 12.1. The minimum Gasteiger partial charge on any atom is -0.508 e. The molecule has 3 aromatic rings. The molecule has 2 N–H and O–H groups in total. The van der Waals surface area contributed by atoms with Crippen LogP contribution in [0.4, 0.5) is 0 Å². The molecule has 3 rings (SSSR count). The lowest BCUT2D eigenvalue weighted by Crippen LogP contribution is -2.01. The SMILES string of the molecule is CC(=O)O.O=c1c2ccccc2oc2cc(O)ccc12. The number of carboxylic acid groups (broad SMARTS) is 1. The zero-order valence-corrected chi connectivity index (χ0v) is 10.7. The Morgan fingerprint density at radius 1 is 1.05 bits per heavy atom. The van der Waals surface area contributed by atoms with Crippen LogP contribution in [0.3, 0.4) is 0 Å². The second-order valence-corrected chi connectivity index (χ2v) is 4.13. The molecule has 0 spiro atoms. The summed E-state index contributed by atoms with van der Waals surface area (Å²) in [5.41, 5.74) is 0.867. The number of aliphatic carboxylic acids is 1. The van der Waals surface area contributed by atoms with Gasteiger partial charge < -0.3 is 14.6 Å². The predicted molar refractivity (Wildman–Crippen MR) is 75.0 cm³/mol. The van der Waals surface area contributed by atoms with Crippen LogP contribution >= 0.6 is 0 Å². The highest BCUT2D eigenvalue weighted by molar-refractivity contribution is 5.90. The van der Waals surface area contributed by atoms with Crippen molar-refractivity contribution in [1.29, 1.82) is 0 Å². The zero-order chi connectivity index (χ0) is 14.7. The molecule has 20 heavy (non-hydrogen) atoms. The molecule has 0 fully saturated rings. The zero-order valence-electron chi connectivity index (χ0n) is 10.7. The van der Waals surface area contributed by atoms with Crippen molar-refractivity contribution in [2.24, 2.45) is 0 Å². The molecule has 1 heterocycles. The summed E-state index contributed by atoms with van der Waals surface area (Å²) in [6, 6.07) is 11.6. The van der Waals surface area contributed by atoms with Gasteiger partial charge in [0.25, 0.3) is 5.97 Å². The Hall–Kier alpha value is -2.82. The number of benzene rings is 2. The Labute approximate surface area is 113 Å². The number of carboxylic acids is 1. The van der Waals surface area contributed by atoms with Crippen LogP contribution in [0.5, 0.6) is 5.75 Å².